The first kappa shape index (κ1) is 16.9. The molecule has 0 spiro atoms. The van der Waals surface area contributed by atoms with Crippen molar-refractivity contribution < 1.29 is 18.3 Å². The molecule has 0 aliphatic heterocycles. The molecule has 0 bridgehead atoms. The van der Waals surface area contributed by atoms with Crippen LogP contribution in [-0.2, 0) is 16.1 Å². The Morgan fingerprint density at radius 3 is 2.41 bits per heavy atom. The third-order valence-corrected chi connectivity index (χ3v) is 3.87. The molecule has 5 heteroatoms. The molecule has 1 saturated carbocycles. The highest BCUT2D eigenvalue weighted by atomic mass is 19.1. The van der Waals surface area contributed by atoms with Crippen LogP contribution < -0.4 is 5.32 Å². The maximum absolute atomic E-state index is 13.2. The maximum atomic E-state index is 13.2. The maximum Gasteiger partial charge on any atom is 0.249 e. The van der Waals surface area contributed by atoms with Crippen molar-refractivity contribution in [2.24, 2.45) is 5.92 Å². The Morgan fingerprint density at radius 2 is 1.91 bits per heavy atom. The monoisotopic (exact) mass is 311 g/mol. The lowest BCUT2D eigenvalue weighted by Crippen LogP contribution is -2.41. The number of carbonyl (C=O) groups excluding carboxylic acids is 1. The fourth-order valence-corrected chi connectivity index (χ4v) is 2.55. The quantitative estimate of drug-likeness (QED) is 0.836. The first-order valence-corrected chi connectivity index (χ1v) is 7.81. The summed E-state index contributed by atoms with van der Waals surface area (Å²) in [5.74, 6) is -0.924. The minimum absolute atomic E-state index is 0.0254. The average molecular weight is 311 g/mol. The van der Waals surface area contributed by atoms with Crippen molar-refractivity contribution >= 4 is 5.91 Å². The van der Waals surface area contributed by atoms with Gasteiger partial charge in [-0.3, -0.25) is 4.79 Å². The van der Waals surface area contributed by atoms with E-state index < -0.39 is 17.7 Å². The minimum Gasteiger partial charge on any atom is -0.364 e. The van der Waals surface area contributed by atoms with E-state index in [2.05, 4.69) is 5.32 Å². The van der Waals surface area contributed by atoms with Crippen LogP contribution in [0.3, 0.4) is 0 Å². The molecule has 1 aliphatic rings. The van der Waals surface area contributed by atoms with Crippen LogP contribution in [0, 0.1) is 17.6 Å². The third-order valence-electron chi connectivity index (χ3n) is 3.87. The topological polar surface area (TPSA) is 38.3 Å². The van der Waals surface area contributed by atoms with E-state index in [9.17, 15) is 13.6 Å². The first-order chi connectivity index (χ1) is 10.4. The fraction of sp³-hybridized carbons (Fsp3) is 0.588. The number of rotatable bonds is 7. The van der Waals surface area contributed by atoms with E-state index in [0.717, 1.165) is 18.9 Å². The highest BCUT2D eigenvalue weighted by molar-refractivity contribution is 5.81. The van der Waals surface area contributed by atoms with Crippen LogP contribution in [0.1, 0.15) is 45.1 Å². The van der Waals surface area contributed by atoms with Gasteiger partial charge in [0, 0.05) is 12.1 Å². The molecule has 0 radical (unpaired) electrons. The van der Waals surface area contributed by atoms with Gasteiger partial charge in [-0.05, 0) is 43.9 Å². The van der Waals surface area contributed by atoms with Crippen LogP contribution in [0.4, 0.5) is 8.78 Å². The Balaban J connectivity index is 1.96. The summed E-state index contributed by atoms with van der Waals surface area (Å²) < 4.78 is 32.0. The van der Waals surface area contributed by atoms with E-state index >= 15 is 0 Å². The van der Waals surface area contributed by atoms with Gasteiger partial charge >= 0.3 is 0 Å². The lowest BCUT2D eigenvalue weighted by atomic mass is 9.81. The average Bonchev–Trinajstić information content (AvgIpc) is 2.34. The van der Waals surface area contributed by atoms with Gasteiger partial charge in [0.15, 0.2) is 0 Å². The molecule has 1 amide bonds. The Hall–Kier alpha value is -1.49. The molecule has 1 atom stereocenters. The van der Waals surface area contributed by atoms with Crippen molar-refractivity contribution in [1.82, 2.24) is 5.32 Å². The second-order valence-electron chi connectivity index (χ2n) is 6.27. The van der Waals surface area contributed by atoms with E-state index in [1.54, 1.807) is 0 Å². The molecule has 0 saturated heterocycles. The van der Waals surface area contributed by atoms with Crippen molar-refractivity contribution in [3.05, 3.63) is 35.4 Å². The van der Waals surface area contributed by atoms with Crippen LogP contribution in [0.5, 0.6) is 0 Å². The first-order valence-electron chi connectivity index (χ1n) is 7.81. The van der Waals surface area contributed by atoms with E-state index in [1.165, 1.54) is 18.6 Å². The van der Waals surface area contributed by atoms with Crippen molar-refractivity contribution in [3.63, 3.8) is 0 Å². The Morgan fingerprint density at radius 1 is 1.27 bits per heavy atom. The molecule has 1 unspecified atom stereocenters. The van der Waals surface area contributed by atoms with Crippen LogP contribution in [0.2, 0.25) is 0 Å². The van der Waals surface area contributed by atoms with Crippen molar-refractivity contribution in [1.29, 1.82) is 0 Å². The molecule has 3 nitrogen and oxygen atoms in total. The summed E-state index contributed by atoms with van der Waals surface area (Å²) in [6, 6.07) is 3.31. The van der Waals surface area contributed by atoms with Gasteiger partial charge in [-0.15, -0.1) is 0 Å². The number of hydrogen-bond donors (Lipinski definition) is 1. The number of amides is 1. The molecule has 2 rings (SSSR count). The number of halogens is 2. The standard InChI is InChI=1S/C17H23F2NO2/c1-11(2)20-17(21)16(8-12-4-3-5-12)22-10-13-6-14(18)9-15(19)7-13/h6-7,9,11-12,16H,3-5,8,10H2,1-2H3,(H,20,21). The normalized spacial score (nSPS) is 16.4. The number of hydrogen-bond acceptors (Lipinski definition) is 2. The summed E-state index contributed by atoms with van der Waals surface area (Å²) in [6.45, 7) is 3.80. The van der Waals surface area contributed by atoms with Crippen molar-refractivity contribution in [2.45, 2.75) is 58.3 Å². The molecule has 1 aromatic carbocycles. The predicted molar refractivity (Wildman–Crippen MR) is 80.2 cm³/mol. The molecule has 1 N–H and O–H groups in total. The second-order valence-corrected chi connectivity index (χ2v) is 6.27. The van der Waals surface area contributed by atoms with Crippen molar-refractivity contribution in [3.8, 4) is 0 Å². The summed E-state index contributed by atoms with van der Waals surface area (Å²) in [5.41, 5.74) is 0.397. The highest BCUT2D eigenvalue weighted by Crippen LogP contribution is 2.31. The van der Waals surface area contributed by atoms with Gasteiger partial charge in [-0.1, -0.05) is 19.3 Å². The lowest BCUT2D eigenvalue weighted by molar-refractivity contribution is -0.136. The Kier molecular flexibility index (Phi) is 5.89. The molecule has 1 aliphatic carbocycles. The summed E-state index contributed by atoms with van der Waals surface area (Å²) in [4.78, 5) is 12.2. The second kappa shape index (κ2) is 7.68. The molecule has 22 heavy (non-hydrogen) atoms. The van der Waals surface area contributed by atoms with Gasteiger partial charge in [0.2, 0.25) is 5.91 Å². The SMILES string of the molecule is CC(C)NC(=O)C(CC1CCC1)OCc1cc(F)cc(F)c1. The summed E-state index contributed by atoms with van der Waals surface area (Å²) >= 11 is 0. The third kappa shape index (κ3) is 5.05. The number of nitrogens with one attached hydrogen (secondary N) is 1. The van der Waals surface area contributed by atoms with E-state index in [-0.39, 0.29) is 18.6 Å². The van der Waals surface area contributed by atoms with Gasteiger partial charge < -0.3 is 10.1 Å². The van der Waals surface area contributed by atoms with Gasteiger partial charge in [-0.25, -0.2) is 8.78 Å². The van der Waals surface area contributed by atoms with Crippen LogP contribution >= 0.6 is 0 Å². The molecular formula is C17H23F2NO2. The summed E-state index contributed by atoms with van der Waals surface area (Å²) in [5, 5.41) is 2.84. The molecular weight excluding hydrogens is 288 g/mol. The van der Waals surface area contributed by atoms with E-state index in [1.807, 2.05) is 13.8 Å². The minimum atomic E-state index is -0.638. The summed E-state index contributed by atoms with van der Waals surface area (Å²) in [6.07, 6.45) is 3.51. The zero-order valence-electron chi connectivity index (χ0n) is 13.1. The van der Waals surface area contributed by atoms with Gasteiger partial charge in [0.25, 0.3) is 0 Å². The molecule has 1 aromatic rings. The fourth-order valence-electron chi connectivity index (χ4n) is 2.55. The Bertz CT molecular complexity index is 495. The zero-order valence-corrected chi connectivity index (χ0v) is 13.1. The molecule has 122 valence electrons. The number of carbonyl (C=O) groups is 1. The molecule has 1 fully saturated rings. The molecule has 0 heterocycles. The zero-order chi connectivity index (χ0) is 16.1. The largest absolute Gasteiger partial charge is 0.364 e. The van der Waals surface area contributed by atoms with Crippen LogP contribution in [0.25, 0.3) is 0 Å². The summed E-state index contributed by atoms with van der Waals surface area (Å²) in [7, 11) is 0. The number of benzene rings is 1. The van der Waals surface area contributed by atoms with Gasteiger partial charge in [-0.2, -0.15) is 0 Å². The van der Waals surface area contributed by atoms with E-state index in [4.69, 9.17) is 4.74 Å². The van der Waals surface area contributed by atoms with Gasteiger partial charge in [0.1, 0.15) is 17.7 Å². The van der Waals surface area contributed by atoms with E-state index in [0.29, 0.717) is 17.9 Å². The predicted octanol–water partition coefficient (Wildman–Crippen LogP) is 3.56. The van der Waals surface area contributed by atoms with Crippen LogP contribution in [0.15, 0.2) is 18.2 Å². The molecule has 0 aromatic heterocycles. The van der Waals surface area contributed by atoms with Crippen molar-refractivity contribution in [2.75, 3.05) is 0 Å². The smallest absolute Gasteiger partial charge is 0.249 e. The highest BCUT2D eigenvalue weighted by Gasteiger charge is 2.27. The van der Waals surface area contributed by atoms with Crippen LogP contribution in [-0.4, -0.2) is 18.1 Å². The Labute approximate surface area is 130 Å². The van der Waals surface area contributed by atoms with Gasteiger partial charge in [0.05, 0.1) is 6.61 Å². The lowest BCUT2D eigenvalue weighted by Gasteiger charge is -2.29. The number of ether oxygens (including phenoxy) is 1.